The maximum atomic E-state index is 12.3. The number of amides is 2. The lowest BCUT2D eigenvalue weighted by molar-refractivity contribution is -0.137. The van der Waals surface area contributed by atoms with Crippen molar-refractivity contribution in [3.8, 4) is 0 Å². The molecule has 1 aliphatic rings. The molecule has 2 atom stereocenters. The zero-order valence-corrected chi connectivity index (χ0v) is 12.9. The van der Waals surface area contributed by atoms with Gasteiger partial charge in [-0.2, -0.15) is 0 Å². The van der Waals surface area contributed by atoms with Gasteiger partial charge in [0.15, 0.2) is 0 Å². The first-order chi connectivity index (χ1) is 9.40. The van der Waals surface area contributed by atoms with E-state index in [0.29, 0.717) is 18.9 Å². The van der Waals surface area contributed by atoms with E-state index < -0.39 is 5.97 Å². The first kappa shape index (κ1) is 16.8. The normalized spacial score (nSPS) is 22.6. The van der Waals surface area contributed by atoms with E-state index >= 15 is 0 Å². The number of hydrogen-bond acceptors (Lipinski definition) is 2. The molecule has 0 radical (unpaired) electrons. The number of carbonyl (C=O) groups is 2. The van der Waals surface area contributed by atoms with E-state index in [1.54, 1.807) is 4.90 Å². The van der Waals surface area contributed by atoms with Gasteiger partial charge >= 0.3 is 12.0 Å². The summed E-state index contributed by atoms with van der Waals surface area (Å²) in [4.78, 5) is 24.6. The second kappa shape index (κ2) is 8.12. The number of nitrogens with zero attached hydrogens (tertiary/aromatic N) is 1. The summed E-state index contributed by atoms with van der Waals surface area (Å²) in [5, 5.41) is 11.8. The quantitative estimate of drug-likeness (QED) is 0.788. The molecule has 1 aliphatic carbocycles. The maximum absolute atomic E-state index is 12.3. The van der Waals surface area contributed by atoms with Crippen molar-refractivity contribution in [3.63, 3.8) is 0 Å². The van der Waals surface area contributed by atoms with Crippen LogP contribution in [0.25, 0.3) is 0 Å². The number of aliphatic carboxylic acids is 1. The molecule has 0 aliphatic heterocycles. The van der Waals surface area contributed by atoms with Crippen LogP contribution in [0.3, 0.4) is 0 Å². The Morgan fingerprint density at radius 2 is 2.05 bits per heavy atom. The van der Waals surface area contributed by atoms with Crippen LogP contribution in [0.15, 0.2) is 0 Å². The Morgan fingerprint density at radius 1 is 1.35 bits per heavy atom. The minimum atomic E-state index is -0.810. The van der Waals surface area contributed by atoms with E-state index in [0.717, 1.165) is 12.8 Å². The summed E-state index contributed by atoms with van der Waals surface area (Å²) in [6.07, 6.45) is 5.13. The third-order valence-electron chi connectivity index (χ3n) is 3.94. The molecular formula is C15H28N2O3. The fourth-order valence-electron chi connectivity index (χ4n) is 2.82. The minimum absolute atomic E-state index is 0.0514. The standard InChI is InChI=1S/C15H28N2O3/c1-11(2)17(9-5-8-14(18)19)15(20)16-13-7-4-6-12(3)10-13/h11-13H,4-10H2,1-3H3,(H,16,20)(H,18,19). The highest BCUT2D eigenvalue weighted by Crippen LogP contribution is 2.23. The van der Waals surface area contributed by atoms with Gasteiger partial charge in [-0.1, -0.05) is 19.8 Å². The third-order valence-corrected chi connectivity index (χ3v) is 3.94. The van der Waals surface area contributed by atoms with Gasteiger partial charge in [-0.05, 0) is 39.0 Å². The highest BCUT2D eigenvalue weighted by Gasteiger charge is 2.24. The zero-order valence-electron chi connectivity index (χ0n) is 12.9. The summed E-state index contributed by atoms with van der Waals surface area (Å²) in [6, 6.07) is 0.307. The van der Waals surface area contributed by atoms with Crippen molar-refractivity contribution in [1.82, 2.24) is 10.2 Å². The molecule has 1 saturated carbocycles. The van der Waals surface area contributed by atoms with Crippen LogP contribution in [-0.2, 0) is 4.79 Å². The molecule has 5 nitrogen and oxygen atoms in total. The van der Waals surface area contributed by atoms with Gasteiger partial charge in [0.05, 0.1) is 0 Å². The van der Waals surface area contributed by atoms with Gasteiger partial charge < -0.3 is 15.3 Å². The Kier molecular flexibility index (Phi) is 6.82. The molecule has 0 heterocycles. The second-order valence-electron chi connectivity index (χ2n) is 6.20. The lowest BCUT2D eigenvalue weighted by Gasteiger charge is -2.32. The number of urea groups is 1. The van der Waals surface area contributed by atoms with Crippen LogP contribution in [-0.4, -0.2) is 40.6 Å². The van der Waals surface area contributed by atoms with Gasteiger partial charge in [0, 0.05) is 25.0 Å². The molecule has 0 aromatic rings. The topological polar surface area (TPSA) is 69.6 Å². The second-order valence-corrected chi connectivity index (χ2v) is 6.20. The fraction of sp³-hybridized carbons (Fsp3) is 0.867. The van der Waals surface area contributed by atoms with Crippen LogP contribution in [0.5, 0.6) is 0 Å². The molecular weight excluding hydrogens is 256 g/mol. The Bertz CT molecular complexity index is 331. The zero-order chi connectivity index (χ0) is 15.1. The number of carbonyl (C=O) groups excluding carboxylic acids is 1. The van der Waals surface area contributed by atoms with E-state index in [4.69, 9.17) is 5.11 Å². The monoisotopic (exact) mass is 284 g/mol. The van der Waals surface area contributed by atoms with Crippen molar-refractivity contribution in [2.75, 3.05) is 6.54 Å². The summed E-state index contributed by atoms with van der Waals surface area (Å²) >= 11 is 0. The maximum Gasteiger partial charge on any atom is 0.317 e. The number of carboxylic acid groups (broad SMARTS) is 1. The Balaban J connectivity index is 2.44. The first-order valence-corrected chi connectivity index (χ1v) is 7.69. The number of rotatable bonds is 6. The van der Waals surface area contributed by atoms with Crippen molar-refractivity contribution in [2.45, 2.75) is 71.4 Å². The van der Waals surface area contributed by atoms with Gasteiger partial charge in [-0.15, -0.1) is 0 Å². The van der Waals surface area contributed by atoms with Crippen molar-refractivity contribution >= 4 is 12.0 Å². The van der Waals surface area contributed by atoms with Gasteiger partial charge in [0.2, 0.25) is 0 Å². The summed E-state index contributed by atoms with van der Waals surface area (Å²) in [5.74, 6) is -0.135. The molecule has 0 aromatic heterocycles. The average Bonchev–Trinajstić information content (AvgIpc) is 2.33. The molecule has 0 aromatic carbocycles. The molecule has 1 rings (SSSR count). The van der Waals surface area contributed by atoms with E-state index in [9.17, 15) is 9.59 Å². The number of nitrogens with one attached hydrogen (secondary N) is 1. The van der Waals surface area contributed by atoms with E-state index in [1.165, 1.54) is 12.8 Å². The van der Waals surface area contributed by atoms with E-state index in [-0.39, 0.29) is 24.5 Å². The van der Waals surface area contributed by atoms with Crippen molar-refractivity contribution < 1.29 is 14.7 Å². The van der Waals surface area contributed by atoms with Crippen LogP contribution in [0.1, 0.15) is 59.3 Å². The Hall–Kier alpha value is -1.26. The summed E-state index contributed by atoms with van der Waals surface area (Å²) < 4.78 is 0. The van der Waals surface area contributed by atoms with Gasteiger partial charge in [-0.25, -0.2) is 4.79 Å². The van der Waals surface area contributed by atoms with Gasteiger partial charge in [0.1, 0.15) is 0 Å². The summed E-state index contributed by atoms with van der Waals surface area (Å²) in [5.41, 5.74) is 0. The van der Waals surface area contributed by atoms with Crippen LogP contribution in [0.4, 0.5) is 4.79 Å². The van der Waals surface area contributed by atoms with E-state index in [1.807, 2.05) is 13.8 Å². The van der Waals surface area contributed by atoms with Crippen molar-refractivity contribution in [1.29, 1.82) is 0 Å². The molecule has 2 amide bonds. The number of carboxylic acids is 1. The molecule has 2 unspecified atom stereocenters. The Labute approximate surface area is 121 Å². The predicted molar refractivity (Wildman–Crippen MR) is 78.7 cm³/mol. The molecule has 2 N–H and O–H groups in total. The molecule has 0 spiro atoms. The summed E-state index contributed by atoms with van der Waals surface area (Å²) in [6.45, 7) is 6.65. The minimum Gasteiger partial charge on any atom is -0.481 e. The molecule has 116 valence electrons. The van der Waals surface area contributed by atoms with Crippen LogP contribution in [0.2, 0.25) is 0 Å². The smallest absolute Gasteiger partial charge is 0.317 e. The van der Waals surface area contributed by atoms with E-state index in [2.05, 4.69) is 12.2 Å². The average molecular weight is 284 g/mol. The highest BCUT2D eigenvalue weighted by molar-refractivity contribution is 5.75. The van der Waals surface area contributed by atoms with Gasteiger partial charge in [-0.3, -0.25) is 4.79 Å². The lowest BCUT2D eigenvalue weighted by Crippen LogP contribution is -2.49. The SMILES string of the molecule is CC1CCCC(NC(=O)N(CCCC(=O)O)C(C)C)C1. The highest BCUT2D eigenvalue weighted by atomic mass is 16.4. The van der Waals surface area contributed by atoms with Crippen LogP contribution in [0, 0.1) is 5.92 Å². The lowest BCUT2D eigenvalue weighted by atomic mass is 9.87. The fourth-order valence-corrected chi connectivity index (χ4v) is 2.82. The number of hydrogen-bond donors (Lipinski definition) is 2. The third kappa shape index (κ3) is 5.80. The van der Waals surface area contributed by atoms with Gasteiger partial charge in [0.25, 0.3) is 0 Å². The molecule has 0 saturated heterocycles. The molecule has 1 fully saturated rings. The largest absolute Gasteiger partial charge is 0.481 e. The predicted octanol–water partition coefficient (Wildman–Crippen LogP) is 2.85. The van der Waals surface area contributed by atoms with Crippen molar-refractivity contribution in [2.24, 2.45) is 5.92 Å². The first-order valence-electron chi connectivity index (χ1n) is 7.69. The van der Waals surface area contributed by atoms with Crippen LogP contribution >= 0.6 is 0 Å². The molecule has 0 bridgehead atoms. The molecule has 20 heavy (non-hydrogen) atoms. The molecule has 5 heteroatoms. The summed E-state index contributed by atoms with van der Waals surface area (Å²) in [7, 11) is 0. The van der Waals surface area contributed by atoms with Crippen LogP contribution < -0.4 is 5.32 Å². The Morgan fingerprint density at radius 3 is 2.60 bits per heavy atom. The van der Waals surface area contributed by atoms with Crippen molar-refractivity contribution in [3.05, 3.63) is 0 Å².